The molecule has 1 rings (SSSR count). The molecule has 0 aliphatic rings. The Balaban J connectivity index is 1.75. The summed E-state index contributed by atoms with van der Waals surface area (Å²) in [6, 6.07) is 3.09. The lowest BCUT2D eigenvalue weighted by Gasteiger charge is -2.06. The lowest BCUT2D eigenvalue weighted by Crippen LogP contribution is -1.96. The van der Waals surface area contributed by atoms with E-state index in [4.69, 9.17) is 0 Å². The molecule has 0 spiro atoms. The Morgan fingerprint density at radius 1 is 0.654 bits per heavy atom. The van der Waals surface area contributed by atoms with Gasteiger partial charge in [-0.15, -0.1) is 0 Å². The third-order valence-electron chi connectivity index (χ3n) is 5.00. The molecule has 0 atom stereocenters. The summed E-state index contributed by atoms with van der Waals surface area (Å²) in [5.74, 6) is 3.03. The minimum atomic E-state index is 0.164. The molecule has 0 saturated carbocycles. The molecule has 2 N–H and O–H groups in total. The number of aromatic nitrogens is 1. The first-order valence-corrected chi connectivity index (χ1v) is 12.1. The van der Waals surface area contributed by atoms with Crippen LogP contribution in [0.1, 0.15) is 96.8 Å². The summed E-state index contributed by atoms with van der Waals surface area (Å²) in [4.78, 5) is 0. The Morgan fingerprint density at radius 3 is 1.58 bits per heavy atom. The van der Waals surface area contributed by atoms with Crippen molar-refractivity contribution < 1.29 is 10.2 Å². The van der Waals surface area contributed by atoms with Gasteiger partial charge in [-0.3, -0.25) is 4.57 Å². The minimum Gasteiger partial charge on any atom is -0.494 e. The molecule has 152 valence electrons. The van der Waals surface area contributed by atoms with E-state index < -0.39 is 0 Å². The molecule has 0 saturated heterocycles. The summed E-state index contributed by atoms with van der Waals surface area (Å²) in [6.45, 7) is 2.99. The van der Waals surface area contributed by atoms with Crippen LogP contribution in [0.3, 0.4) is 0 Å². The quantitative estimate of drug-likeness (QED) is 0.265. The van der Waals surface area contributed by atoms with Crippen LogP contribution in [0.15, 0.2) is 12.1 Å². The predicted molar refractivity (Wildman–Crippen MR) is 115 cm³/mol. The monoisotopic (exact) mass is 383 g/mol. The van der Waals surface area contributed by atoms with Crippen LogP contribution >= 0.6 is 11.8 Å². The van der Waals surface area contributed by atoms with Crippen LogP contribution < -0.4 is 0 Å². The predicted octanol–water partition coefficient (Wildman–Crippen LogP) is 7.11. The van der Waals surface area contributed by atoms with Gasteiger partial charge in [-0.2, -0.15) is 11.8 Å². The number of hydrogen-bond acceptors (Lipinski definition) is 3. The number of thioether (sulfide) groups is 1. The van der Waals surface area contributed by atoms with Gasteiger partial charge in [-0.1, -0.05) is 77.6 Å². The van der Waals surface area contributed by atoms with Crippen LogP contribution in [0.4, 0.5) is 0 Å². The number of rotatable bonds is 18. The standard InChI is InChI=1S/C22H41NO2S/c1-2-3-4-5-11-14-19-26-20-15-12-9-7-6-8-10-13-18-23-21(24)16-17-22(23)25/h16-17,24-25H,2-15,18-20H2,1H3. The van der Waals surface area contributed by atoms with Crippen molar-refractivity contribution in [1.82, 2.24) is 4.57 Å². The average Bonchev–Trinajstić information content (AvgIpc) is 2.96. The molecule has 0 aliphatic carbocycles. The average molecular weight is 384 g/mol. The van der Waals surface area contributed by atoms with E-state index in [2.05, 4.69) is 18.7 Å². The van der Waals surface area contributed by atoms with Crippen molar-refractivity contribution in [3.8, 4) is 11.8 Å². The Bertz CT molecular complexity index is 414. The van der Waals surface area contributed by atoms with Gasteiger partial charge in [-0.05, 0) is 30.8 Å². The highest BCUT2D eigenvalue weighted by molar-refractivity contribution is 7.99. The van der Waals surface area contributed by atoms with E-state index in [1.54, 1.807) is 16.7 Å². The van der Waals surface area contributed by atoms with E-state index in [0.29, 0.717) is 6.54 Å². The van der Waals surface area contributed by atoms with Gasteiger partial charge in [-0.25, -0.2) is 0 Å². The van der Waals surface area contributed by atoms with E-state index >= 15 is 0 Å². The Hall–Kier alpha value is -0.770. The lowest BCUT2D eigenvalue weighted by atomic mass is 10.1. The van der Waals surface area contributed by atoms with E-state index in [1.807, 2.05) is 0 Å². The topological polar surface area (TPSA) is 45.4 Å². The van der Waals surface area contributed by atoms with Gasteiger partial charge in [0, 0.05) is 18.7 Å². The molecule has 0 fully saturated rings. The number of aromatic hydroxyl groups is 2. The van der Waals surface area contributed by atoms with Crippen molar-refractivity contribution in [3.05, 3.63) is 12.1 Å². The van der Waals surface area contributed by atoms with Crippen molar-refractivity contribution in [2.24, 2.45) is 0 Å². The van der Waals surface area contributed by atoms with Gasteiger partial charge in [0.1, 0.15) is 0 Å². The summed E-state index contributed by atoms with van der Waals surface area (Å²) in [5.41, 5.74) is 0. The third-order valence-corrected chi connectivity index (χ3v) is 6.15. The molecule has 0 aliphatic heterocycles. The Labute approximate surface area is 165 Å². The van der Waals surface area contributed by atoms with E-state index in [-0.39, 0.29) is 11.8 Å². The molecule has 3 nitrogen and oxygen atoms in total. The molecule has 0 bridgehead atoms. The second-order valence-electron chi connectivity index (χ2n) is 7.41. The summed E-state index contributed by atoms with van der Waals surface area (Å²) in [7, 11) is 0. The van der Waals surface area contributed by atoms with Gasteiger partial charge in [0.25, 0.3) is 0 Å². The molecule has 0 unspecified atom stereocenters. The zero-order valence-electron chi connectivity index (χ0n) is 16.9. The Morgan fingerprint density at radius 2 is 1.08 bits per heavy atom. The van der Waals surface area contributed by atoms with Crippen LogP contribution in [0.5, 0.6) is 11.8 Å². The third kappa shape index (κ3) is 11.8. The first-order valence-electron chi connectivity index (χ1n) is 10.9. The fourth-order valence-electron chi connectivity index (χ4n) is 3.30. The van der Waals surface area contributed by atoms with E-state index in [0.717, 1.165) is 6.42 Å². The van der Waals surface area contributed by atoms with Gasteiger partial charge in [0.2, 0.25) is 0 Å². The SMILES string of the molecule is CCCCCCCCSCCCCCCCCCCn1c(O)ccc1O. The summed E-state index contributed by atoms with van der Waals surface area (Å²) < 4.78 is 1.57. The molecule has 0 amide bonds. The lowest BCUT2D eigenvalue weighted by molar-refractivity contribution is 0.361. The summed E-state index contributed by atoms with van der Waals surface area (Å²) in [6.07, 6.45) is 18.7. The maximum Gasteiger partial charge on any atom is 0.193 e. The first-order chi connectivity index (χ1) is 12.8. The molecular formula is C22H41NO2S. The Kier molecular flexibility index (Phi) is 14.7. The molecule has 1 aromatic rings. The second-order valence-corrected chi connectivity index (χ2v) is 8.63. The van der Waals surface area contributed by atoms with Crippen LogP contribution in [0, 0.1) is 0 Å². The molecular weight excluding hydrogens is 342 g/mol. The van der Waals surface area contributed by atoms with Gasteiger partial charge < -0.3 is 10.2 Å². The van der Waals surface area contributed by atoms with Crippen molar-refractivity contribution in [1.29, 1.82) is 0 Å². The van der Waals surface area contributed by atoms with Gasteiger partial charge in [0.15, 0.2) is 11.8 Å². The number of nitrogens with zero attached hydrogens (tertiary/aromatic N) is 1. The maximum absolute atomic E-state index is 9.57. The van der Waals surface area contributed by atoms with Crippen molar-refractivity contribution in [3.63, 3.8) is 0 Å². The summed E-state index contributed by atoms with van der Waals surface area (Å²) in [5, 5.41) is 19.1. The molecule has 26 heavy (non-hydrogen) atoms. The molecule has 1 heterocycles. The van der Waals surface area contributed by atoms with Crippen LogP contribution in [-0.4, -0.2) is 26.3 Å². The molecule has 0 radical (unpaired) electrons. The van der Waals surface area contributed by atoms with Crippen LogP contribution in [0.2, 0.25) is 0 Å². The fraction of sp³-hybridized carbons (Fsp3) is 0.818. The number of hydrogen-bond donors (Lipinski definition) is 2. The highest BCUT2D eigenvalue weighted by atomic mass is 32.2. The second kappa shape index (κ2) is 16.4. The van der Waals surface area contributed by atoms with Gasteiger partial charge >= 0.3 is 0 Å². The van der Waals surface area contributed by atoms with Crippen molar-refractivity contribution in [2.75, 3.05) is 11.5 Å². The van der Waals surface area contributed by atoms with Crippen molar-refractivity contribution in [2.45, 2.75) is 103 Å². The smallest absolute Gasteiger partial charge is 0.193 e. The zero-order chi connectivity index (χ0) is 18.9. The zero-order valence-corrected chi connectivity index (χ0v) is 17.7. The highest BCUT2D eigenvalue weighted by Gasteiger charge is 2.04. The fourth-order valence-corrected chi connectivity index (χ4v) is 4.32. The van der Waals surface area contributed by atoms with Crippen LogP contribution in [0.25, 0.3) is 0 Å². The van der Waals surface area contributed by atoms with E-state index in [1.165, 1.54) is 95.0 Å². The number of unbranched alkanes of at least 4 members (excludes halogenated alkanes) is 12. The van der Waals surface area contributed by atoms with E-state index in [9.17, 15) is 10.2 Å². The summed E-state index contributed by atoms with van der Waals surface area (Å²) >= 11 is 2.15. The normalized spacial score (nSPS) is 11.3. The largest absolute Gasteiger partial charge is 0.494 e. The van der Waals surface area contributed by atoms with Crippen LogP contribution in [-0.2, 0) is 6.54 Å². The first kappa shape index (κ1) is 23.3. The molecule has 4 heteroatoms. The van der Waals surface area contributed by atoms with Gasteiger partial charge in [0.05, 0.1) is 0 Å². The maximum atomic E-state index is 9.57. The molecule has 0 aromatic carbocycles. The molecule has 1 aromatic heterocycles. The minimum absolute atomic E-state index is 0.164. The van der Waals surface area contributed by atoms with Crippen molar-refractivity contribution >= 4 is 11.8 Å². The highest BCUT2D eigenvalue weighted by Crippen LogP contribution is 2.22.